The van der Waals surface area contributed by atoms with E-state index in [1.165, 1.54) is 25.1 Å². The number of amides is 1. The Kier molecular flexibility index (Phi) is 14.8. The van der Waals surface area contributed by atoms with Crippen molar-refractivity contribution in [2.24, 2.45) is 36.4 Å². The molecular weight excluding hydrogens is 997 g/mol. The zero-order chi connectivity index (χ0) is 51.5. The second kappa shape index (κ2) is 20.2. The smallest absolute Gasteiger partial charge is 0.297 e. The number of nitro benzene ring substituents is 1. The number of non-ortho nitro benzene ring substituents is 1. The van der Waals surface area contributed by atoms with Crippen LogP contribution in [-0.2, 0) is 30.4 Å². The van der Waals surface area contributed by atoms with Crippen LogP contribution in [0.25, 0.3) is 16.5 Å². The standard InChI is InChI=1S/C38H34N10O19S3/c1-18-11-24(27(65-2)17-30(18)68(56,57)58)42-45-35-34(37(39)52)46-47(38(35)53)20-3-5-22-19(12-20)13-32(70(62,63)64)33(36(22)51)44-43-26-16-28(66-9-7-49)25(15-29(26)67-10-8-50)41-40-23-6-4-21(48(54)55)14-31(23)69(59,60)61/h3-6,11-17,49-51,53H,7-10H2,1-2H3,(H2,39,52)(H,56,57,58)(H,59,60,61)(H,62,63,64). The van der Waals surface area contributed by atoms with Gasteiger partial charge in [-0.25, -0.2) is 0 Å². The molecule has 0 saturated heterocycles. The van der Waals surface area contributed by atoms with Crippen molar-refractivity contribution in [3.63, 3.8) is 0 Å². The monoisotopic (exact) mass is 1030 g/mol. The summed E-state index contributed by atoms with van der Waals surface area (Å²) in [4.78, 5) is 20.3. The molecule has 0 aliphatic carbocycles. The van der Waals surface area contributed by atoms with Gasteiger partial charge >= 0.3 is 0 Å². The number of aryl methyl sites for hydroxylation is 1. The van der Waals surface area contributed by atoms with E-state index >= 15 is 0 Å². The van der Waals surface area contributed by atoms with Crippen LogP contribution in [0.3, 0.4) is 0 Å². The number of hydrogen-bond donors (Lipinski definition) is 8. The number of nitrogens with zero attached hydrogens (tertiary/aromatic N) is 9. The molecule has 0 spiro atoms. The fourth-order valence-corrected chi connectivity index (χ4v) is 8.26. The normalized spacial score (nSPS) is 12.4. The third-order valence-electron chi connectivity index (χ3n) is 9.33. The summed E-state index contributed by atoms with van der Waals surface area (Å²) >= 11 is 0. The van der Waals surface area contributed by atoms with Crippen LogP contribution >= 0.6 is 0 Å². The lowest BCUT2D eigenvalue weighted by Gasteiger charge is -2.13. The van der Waals surface area contributed by atoms with E-state index in [1.807, 2.05) is 0 Å². The van der Waals surface area contributed by atoms with E-state index in [4.69, 9.17) is 19.9 Å². The number of nitro groups is 1. The number of fused-ring (bicyclic) bond motifs is 1. The second-order valence-electron chi connectivity index (χ2n) is 13.9. The number of nitrogens with two attached hydrogens (primary N) is 1. The average molecular weight is 1030 g/mol. The molecule has 70 heavy (non-hydrogen) atoms. The minimum absolute atomic E-state index is 0.0236. The summed E-state index contributed by atoms with van der Waals surface area (Å²) in [6, 6.07) is 11.0. The molecule has 6 aromatic rings. The number of aliphatic hydroxyl groups excluding tert-OH is 2. The van der Waals surface area contributed by atoms with Crippen molar-refractivity contribution in [1.82, 2.24) is 9.78 Å². The molecule has 9 N–H and O–H groups in total. The molecule has 0 saturated carbocycles. The Labute approximate surface area is 392 Å². The molecule has 32 heteroatoms. The molecule has 1 aromatic heterocycles. The number of hydrogen-bond acceptors (Lipinski definition) is 23. The summed E-state index contributed by atoms with van der Waals surface area (Å²) in [5, 5.41) is 80.0. The van der Waals surface area contributed by atoms with Crippen molar-refractivity contribution < 1.29 is 83.3 Å². The third-order valence-corrected chi connectivity index (χ3v) is 12.1. The van der Waals surface area contributed by atoms with Crippen molar-refractivity contribution in [1.29, 1.82) is 0 Å². The number of carbonyl (C=O) groups is 1. The fraction of sp³-hybridized carbons (Fsp3) is 0.158. The van der Waals surface area contributed by atoms with Gasteiger partial charge in [0.05, 0.1) is 30.9 Å². The molecule has 1 amide bonds. The number of benzene rings is 5. The summed E-state index contributed by atoms with van der Waals surface area (Å²) in [5.41, 5.74) is 1.34. The summed E-state index contributed by atoms with van der Waals surface area (Å²) in [6.45, 7) is -0.623. The minimum atomic E-state index is -5.29. The van der Waals surface area contributed by atoms with E-state index in [9.17, 15) is 74.2 Å². The summed E-state index contributed by atoms with van der Waals surface area (Å²) in [7, 11) is -13.9. The van der Waals surface area contributed by atoms with Gasteiger partial charge in [-0.3, -0.25) is 28.6 Å². The van der Waals surface area contributed by atoms with Crippen molar-refractivity contribution >= 4 is 86.8 Å². The molecule has 6 rings (SSSR count). The van der Waals surface area contributed by atoms with Gasteiger partial charge in [0.1, 0.15) is 73.6 Å². The number of aromatic nitrogens is 2. The molecule has 0 radical (unpaired) electrons. The first kappa shape index (κ1) is 51.3. The maximum Gasteiger partial charge on any atom is 0.297 e. The van der Waals surface area contributed by atoms with Gasteiger partial charge in [-0.1, -0.05) is 0 Å². The summed E-state index contributed by atoms with van der Waals surface area (Å²) in [5.74, 6) is -3.71. The highest BCUT2D eigenvalue weighted by Gasteiger charge is 2.27. The van der Waals surface area contributed by atoms with Gasteiger partial charge in [0, 0.05) is 35.7 Å². The highest BCUT2D eigenvalue weighted by molar-refractivity contribution is 7.86. The number of phenols is 1. The highest BCUT2D eigenvalue weighted by Crippen LogP contribution is 2.46. The van der Waals surface area contributed by atoms with Gasteiger partial charge in [0.2, 0.25) is 5.88 Å². The zero-order valence-corrected chi connectivity index (χ0v) is 38.0. The lowest BCUT2D eigenvalue weighted by Crippen LogP contribution is -2.12. The number of ether oxygens (including phenoxy) is 3. The Morgan fingerprint density at radius 3 is 1.77 bits per heavy atom. The molecule has 0 bridgehead atoms. The van der Waals surface area contributed by atoms with Crippen molar-refractivity contribution in [2.75, 3.05) is 33.5 Å². The first-order valence-corrected chi connectivity index (χ1v) is 23.4. The first-order chi connectivity index (χ1) is 32.9. The van der Waals surface area contributed by atoms with Crippen LogP contribution in [0.15, 0.2) is 112 Å². The van der Waals surface area contributed by atoms with E-state index in [1.54, 1.807) is 0 Å². The van der Waals surface area contributed by atoms with Crippen LogP contribution in [0, 0.1) is 17.0 Å². The number of phenolic OH excluding ortho intramolecular Hbond substituents is 1. The quantitative estimate of drug-likeness (QED) is 0.0215. The van der Waals surface area contributed by atoms with Crippen molar-refractivity contribution in [3.05, 3.63) is 88.1 Å². The molecule has 1 heterocycles. The SMILES string of the molecule is COc1cc(S(=O)(=O)O)c(C)cc1N=Nc1c(C(N)=O)nn(-c2ccc3c(O)c(N=Nc4cc(OCCO)c(N=Nc5ccc([N+](=O)[O-])cc5S(=O)(=O)O)cc4OCCO)c(S(=O)(=O)O)cc3c2)c1O. The van der Waals surface area contributed by atoms with Gasteiger partial charge in [0.25, 0.3) is 41.9 Å². The number of primary amides is 1. The van der Waals surface area contributed by atoms with Crippen LogP contribution in [0.5, 0.6) is 28.9 Å². The van der Waals surface area contributed by atoms with Crippen molar-refractivity contribution in [3.8, 4) is 34.6 Å². The maximum atomic E-state index is 12.8. The Balaban J connectivity index is 1.44. The molecule has 0 unspecified atom stereocenters. The van der Waals surface area contributed by atoms with E-state index in [0.717, 1.165) is 54.3 Å². The van der Waals surface area contributed by atoms with Crippen LogP contribution in [0.4, 0.5) is 39.8 Å². The second-order valence-corrected chi connectivity index (χ2v) is 18.1. The lowest BCUT2D eigenvalue weighted by atomic mass is 10.1. The zero-order valence-electron chi connectivity index (χ0n) is 35.5. The molecular formula is C38H34N10O19S3. The number of rotatable bonds is 19. The van der Waals surface area contributed by atoms with Gasteiger partial charge in [-0.2, -0.15) is 35.0 Å². The molecule has 5 aromatic carbocycles. The minimum Gasteiger partial charge on any atom is -0.505 e. The van der Waals surface area contributed by atoms with Gasteiger partial charge < -0.3 is 40.4 Å². The Hall–Kier alpha value is -8.11. The highest BCUT2D eigenvalue weighted by atomic mass is 32.2. The summed E-state index contributed by atoms with van der Waals surface area (Å²) in [6.07, 6.45) is 0. The Morgan fingerprint density at radius 2 is 1.24 bits per heavy atom. The number of azo groups is 3. The topological polar surface area (TPSA) is 450 Å². The molecule has 0 fully saturated rings. The predicted octanol–water partition coefficient (Wildman–Crippen LogP) is 5.49. The van der Waals surface area contributed by atoms with E-state index in [0.29, 0.717) is 6.07 Å². The van der Waals surface area contributed by atoms with Crippen LogP contribution < -0.4 is 19.9 Å². The fourth-order valence-electron chi connectivity index (χ4n) is 6.24. The van der Waals surface area contributed by atoms with Crippen molar-refractivity contribution in [2.45, 2.75) is 21.6 Å². The van der Waals surface area contributed by atoms with E-state index in [-0.39, 0.29) is 56.3 Å². The van der Waals surface area contributed by atoms with Gasteiger partial charge in [-0.15, -0.1) is 30.7 Å². The Bertz CT molecular complexity index is 3550. The number of aliphatic hydroxyl groups is 2. The van der Waals surface area contributed by atoms with Crippen LogP contribution in [-0.4, -0.2) is 113 Å². The summed E-state index contributed by atoms with van der Waals surface area (Å²) < 4.78 is 120. The number of carbonyl (C=O) groups excluding carboxylic acids is 1. The average Bonchev–Trinajstić information content (AvgIpc) is 3.62. The lowest BCUT2D eigenvalue weighted by molar-refractivity contribution is -0.385. The number of aromatic hydroxyl groups is 2. The van der Waals surface area contributed by atoms with Gasteiger partial charge in [0.15, 0.2) is 17.1 Å². The predicted molar refractivity (Wildman–Crippen MR) is 237 cm³/mol. The number of methoxy groups -OCH3 is 1. The molecule has 368 valence electrons. The van der Waals surface area contributed by atoms with E-state index in [2.05, 4.69) is 35.8 Å². The van der Waals surface area contributed by atoms with E-state index < -0.39 is 122 Å². The van der Waals surface area contributed by atoms with Crippen LogP contribution in [0.1, 0.15) is 16.1 Å². The molecule has 0 aliphatic heterocycles. The first-order valence-electron chi connectivity index (χ1n) is 19.1. The third kappa shape index (κ3) is 11.1. The molecule has 29 nitrogen and oxygen atoms in total. The van der Waals surface area contributed by atoms with Gasteiger partial charge in [-0.05, 0) is 54.3 Å². The Morgan fingerprint density at radius 1 is 0.700 bits per heavy atom. The molecule has 0 aliphatic rings. The maximum absolute atomic E-state index is 12.8. The molecule has 0 atom stereocenters. The van der Waals surface area contributed by atoms with Crippen LogP contribution in [0.2, 0.25) is 0 Å². The largest absolute Gasteiger partial charge is 0.505 e.